The third kappa shape index (κ3) is 3.19. The number of ether oxygens (including phenoxy) is 1. The third-order valence-corrected chi connectivity index (χ3v) is 4.23. The van der Waals surface area contributed by atoms with Crippen LogP contribution in [-0.2, 0) is 4.74 Å². The Hall–Kier alpha value is -0.120. The SMILES string of the molecule is COCC(NCC1CCCC1CO)C1CC1. The van der Waals surface area contributed by atoms with Gasteiger partial charge < -0.3 is 15.2 Å². The topological polar surface area (TPSA) is 41.5 Å². The maximum absolute atomic E-state index is 9.27. The number of methoxy groups -OCH3 is 1. The van der Waals surface area contributed by atoms with Crippen molar-refractivity contribution in [3.63, 3.8) is 0 Å². The summed E-state index contributed by atoms with van der Waals surface area (Å²) in [4.78, 5) is 0. The lowest BCUT2D eigenvalue weighted by Gasteiger charge is -2.23. The summed E-state index contributed by atoms with van der Waals surface area (Å²) in [5, 5.41) is 12.9. The van der Waals surface area contributed by atoms with Crippen molar-refractivity contribution in [2.75, 3.05) is 26.9 Å². The third-order valence-electron chi connectivity index (χ3n) is 4.23. The van der Waals surface area contributed by atoms with Gasteiger partial charge in [0.1, 0.15) is 0 Å². The van der Waals surface area contributed by atoms with E-state index in [4.69, 9.17) is 4.74 Å². The quantitative estimate of drug-likeness (QED) is 0.691. The second kappa shape index (κ2) is 5.99. The van der Waals surface area contributed by atoms with Gasteiger partial charge in [-0.1, -0.05) is 6.42 Å². The lowest BCUT2D eigenvalue weighted by Crippen LogP contribution is -2.39. The van der Waals surface area contributed by atoms with Crippen LogP contribution in [0.3, 0.4) is 0 Å². The zero-order valence-corrected chi connectivity index (χ0v) is 10.3. The molecule has 3 nitrogen and oxygen atoms in total. The molecule has 2 fully saturated rings. The lowest BCUT2D eigenvalue weighted by molar-refractivity contribution is 0.147. The molecule has 0 bridgehead atoms. The summed E-state index contributed by atoms with van der Waals surface area (Å²) in [6.45, 7) is 2.27. The van der Waals surface area contributed by atoms with Crippen molar-refractivity contribution in [1.29, 1.82) is 0 Å². The summed E-state index contributed by atoms with van der Waals surface area (Å²) in [6.07, 6.45) is 6.49. The van der Waals surface area contributed by atoms with Crippen molar-refractivity contribution in [2.45, 2.75) is 38.1 Å². The molecule has 0 amide bonds. The second-order valence-electron chi connectivity index (χ2n) is 5.44. The van der Waals surface area contributed by atoms with Crippen LogP contribution in [0.15, 0.2) is 0 Å². The number of aliphatic hydroxyl groups excluding tert-OH is 1. The van der Waals surface area contributed by atoms with Gasteiger partial charge in [0.25, 0.3) is 0 Å². The van der Waals surface area contributed by atoms with E-state index in [1.54, 1.807) is 7.11 Å². The van der Waals surface area contributed by atoms with Crippen LogP contribution in [0.5, 0.6) is 0 Å². The highest BCUT2D eigenvalue weighted by molar-refractivity contribution is 4.88. The van der Waals surface area contributed by atoms with Crippen LogP contribution in [-0.4, -0.2) is 38.0 Å². The molecular weight excluding hydrogens is 202 g/mol. The molecule has 0 aliphatic heterocycles. The van der Waals surface area contributed by atoms with Crippen LogP contribution in [0.25, 0.3) is 0 Å². The number of hydrogen-bond acceptors (Lipinski definition) is 3. The molecule has 0 aromatic heterocycles. The number of rotatable bonds is 7. The normalized spacial score (nSPS) is 31.9. The van der Waals surface area contributed by atoms with Crippen LogP contribution in [0.1, 0.15) is 32.1 Å². The fourth-order valence-electron chi connectivity index (χ4n) is 2.97. The highest BCUT2D eigenvalue weighted by atomic mass is 16.5. The maximum Gasteiger partial charge on any atom is 0.0618 e. The summed E-state index contributed by atoms with van der Waals surface area (Å²) < 4.78 is 5.26. The first-order chi connectivity index (χ1) is 7.85. The Morgan fingerprint density at radius 2 is 2.00 bits per heavy atom. The molecule has 2 aliphatic rings. The van der Waals surface area contributed by atoms with E-state index in [2.05, 4.69) is 5.32 Å². The Balaban J connectivity index is 1.71. The fourth-order valence-corrected chi connectivity index (χ4v) is 2.97. The van der Waals surface area contributed by atoms with Crippen molar-refractivity contribution in [2.24, 2.45) is 17.8 Å². The fraction of sp³-hybridized carbons (Fsp3) is 1.00. The van der Waals surface area contributed by atoms with Gasteiger partial charge in [-0.05, 0) is 50.0 Å². The summed E-state index contributed by atoms with van der Waals surface area (Å²) in [7, 11) is 1.78. The number of aliphatic hydroxyl groups is 1. The average molecular weight is 227 g/mol. The molecule has 0 saturated heterocycles. The molecule has 0 heterocycles. The monoisotopic (exact) mass is 227 g/mol. The molecular formula is C13H25NO2. The molecule has 94 valence electrons. The van der Waals surface area contributed by atoms with Gasteiger partial charge in [-0.3, -0.25) is 0 Å². The smallest absolute Gasteiger partial charge is 0.0618 e. The molecule has 3 unspecified atom stereocenters. The Morgan fingerprint density at radius 1 is 1.25 bits per heavy atom. The molecule has 16 heavy (non-hydrogen) atoms. The molecule has 3 heteroatoms. The predicted molar refractivity (Wildman–Crippen MR) is 64.3 cm³/mol. The van der Waals surface area contributed by atoms with Crippen molar-refractivity contribution in [3.05, 3.63) is 0 Å². The Bertz CT molecular complexity index is 204. The van der Waals surface area contributed by atoms with Gasteiger partial charge in [-0.2, -0.15) is 0 Å². The van der Waals surface area contributed by atoms with Crippen LogP contribution < -0.4 is 5.32 Å². The first-order valence-electron chi connectivity index (χ1n) is 6.68. The van der Waals surface area contributed by atoms with Gasteiger partial charge in [-0.15, -0.1) is 0 Å². The minimum atomic E-state index is 0.366. The molecule has 0 aromatic carbocycles. The molecule has 2 aliphatic carbocycles. The first kappa shape index (κ1) is 12.3. The van der Waals surface area contributed by atoms with Gasteiger partial charge in [-0.25, -0.2) is 0 Å². The van der Waals surface area contributed by atoms with Crippen LogP contribution >= 0.6 is 0 Å². The van der Waals surface area contributed by atoms with E-state index in [1.807, 2.05) is 0 Å². The minimum absolute atomic E-state index is 0.366. The van der Waals surface area contributed by atoms with Crippen molar-refractivity contribution >= 4 is 0 Å². The summed E-state index contributed by atoms with van der Waals surface area (Å²) in [5.74, 6) is 2.06. The largest absolute Gasteiger partial charge is 0.396 e. The zero-order chi connectivity index (χ0) is 11.4. The Kier molecular flexibility index (Phi) is 4.62. The van der Waals surface area contributed by atoms with Gasteiger partial charge in [0.05, 0.1) is 6.61 Å². The van der Waals surface area contributed by atoms with E-state index < -0.39 is 0 Å². The van der Waals surface area contributed by atoms with E-state index in [1.165, 1.54) is 32.1 Å². The first-order valence-corrected chi connectivity index (χ1v) is 6.68. The van der Waals surface area contributed by atoms with Crippen molar-refractivity contribution in [1.82, 2.24) is 5.32 Å². The Morgan fingerprint density at radius 3 is 2.62 bits per heavy atom. The van der Waals surface area contributed by atoms with Crippen molar-refractivity contribution < 1.29 is 9.84 Å². The molecule has 2 saturated carbocycles. The molecule has 0 radical (unpaired) electrons. The highest BCUT2D eigenvalue weighted by Crippen LogP contribution is 2.34. The minimum Gasteiger partial charge on any atom is -0.396 e. The van der Waals surface area contributed by atoms with E-state index >= 15 is 0 Å². The summed E-state index contributed by atoms with van der Waals surface area (Å²) in [6, 6.07) is 0.546. The summed E-state index contributed by atoms with van der Waals surface area (Å²) >= 11 is 0. The maximum atomic E-state index is 9.27. The average Bonchev–Trinajstić information content (AvgIpc) is 3.03. The number of nitrogens with one attached hydrogen (secondary N) is 1. The van der Waals surface area contributed by atoms with Crippen LogP contribution in [0.2, 0.25) is 0 Å². The van der Waals surface area contributed by atoms with E-state index in [0.717, 1.165) is 19.1 Å². The Labute approximate surface area is 98.6 Å². The molecule has 3 atom stereocenters. The number of hydrogen-bond donors (Lipinski definition) is 2. The molecule has 2 N–H and O–H groups in total. The zero-order valence-electron chi connectivity index (χ0n) is 10.3. The predicted octanol–water partition coefficient (Wildman–Crippen LogP) is 1.41. The van der Waals surface area contributed by atoms with Gasteiger partial charge in [0.2, 0.25) is 0 Å². The van der Waals surface area contributed by atoms with E-state index in [0.29, 0.717) is 24.5 Å². The van der Waals surface area contributed by atoms with Crippen molar-refractivity contribution in [3.8, 4) is 0 Å². The van der Waals surface area contributed by atoms with Gasteiger partial charge >= 0.3 is 0 Å². The van der Waals surface area contributed by atoms with Crippen LogP contribution in [0, 0.1) is 17.8 Å². The van der Waals surface area contributed by atoms with E-state index in [-0.39, 0.29) is 0 Å². The van der Waals surface area contributed by atoms with Gasteiger partial charge in [0.15, 0.2) is 0 Å². The van der Waals surface area contributed by atoms with E-state index in [9.17, 15) is 5.11 Å². The van der Waals surface area contributed by atoms with Gasteiger partial charge in [0, 0.05) is 19.8 Å². The second-order valence-corrected chi connectivity index (χ2v) is 5.44. The van der Waals surface area contributed by atoms with Crippen LogP contribution in [0.4, 0.5) is 0 Å². The molecule has 2 rings (SSSR count). The lowest BCUT2D eigenvalue weighted by atomic mass is 9.96. The molecule has 0 spiro atoms. The summed E-state index contributed by atoms with van der Waals surface area (Å²) in [5.41, 5.74) is 0. The standard InChI is InChI=1S/C13H25NO2/c1-16-9-13(10-5-6-10)14-7-11-3-2-4-12(11)8-15/h10-15H,2-9H2,1H3. The highest BCUT2D eigenvalue weighted by Gasteiger charge is 2.33. The molecule has 0 aromatic rings.